The summed E-state index contributed by atoms with van der Waals surface area (Å²) >= 11 is 0. The minimum absolute atomic E-state index is 0.111. The van der Waals surface area contributed by atoms with Crippen molar-refractivity contribution in [2.75, 3.05) is 13.7 Å². The largest absolute Gasteiger partial charge is 0.495 e. The van der Waals surface area contributed by atoms with Crippen molar-refractivity contribution in [3.05, 3.63) is 28.3 Å². The highest BCUT2D eigenvalue weighted by Gasteiger charge is 2.46. The summed E-state index contributed by atoms with van der Waals surface area (Å²) < 4.78 is 31.8. The predicted molar refractivity (Wildman–Crippen MR) is 69.0 cm³/mol. The van der Waals surface area contributed by atoms with E-state index in [4.69, 9.17) is 9.84 Å². The first-order valence-corrected chi connectivity index (χ1v) is 7.29. The van der Waals surface area contributed by atoms with Gasteiger partial charge in [0, 0.05) is 6.07 Å². The molecule has 2 N–H and O–H groups in total. The summed E-state index contributed by atoms with van der Waals surface area (Å²) in [6, 6.07) is 3.26. The second-order valence-corrected chi connectivity index (χ2v) is 6.29. The van der Waals surface area contributed by atoms with Gasteiger partial charge < -0.3 is 9.84 Å². The normalized spacial score (nSPS) is 16.7. The maximum Gasteiger partial charge on any atom is 0.273 e. The summed E-state index contributed by atoms with van der Waals surface area (Å²) in [5.41, 5.74) is -1.07. The number of nitrogens with zero attached hydrogens (tertiary/aromatic N) is 1. The molecule has 0 aliphatic heterocycles. The highest BCUT2D eigenvalue weighted by atomic mass is 32.2. The van der Waals surface area contributed by atoms with Crippen molar-refractivity contribution in [2.45, 2.75) is 23.3 Å². The number of aliphatic hydroxyl groups excluding tert-OH is 1. The highest BCUT2D eigenvalue weighted by Crippen LogP contribution is 2.37. The summed E-state index contributed by atoms with van der Waals surface area (Å²) in [5.74, 6) is -0.111. The number of nitro benzene ring substituents is 1. The van der Waals surface area contributed by atoms with Crippen LogP contribution in [0.1, 0.15) is 12.8 Å². The van der Waals surface area contributed by atoms with Crippen LogP contribution in [0, 0.1) is 10.1 Å². The maximum absolute atomic E-state index is 12.2. The third kappa shape index (κ3) is 2.74. The van der Waals surface area contributed by atoms with E-state index in [9.17, 15) is 18.5 Å². The van der Waals surface area contributed by atoms with Gasteiger partial charge in [-0.2, -0.15) is 0 Å². The van der Waals surface area contributed by atoms with E-state index in [0.717, 1.165) is 18.2 Å². The van der Waals surface area contributed by atoms with Gasteiger partial charge in [-0.25, -0.2) is 13.1 Å². The van der Waals surface area contributed by atoms with E-state index in [1.54, 1.807) is 0 Å². The molecule has 0 saturated heterocycles. The molecule has 0 radical (unpaired) electrons. The van der Waals surface area contributed by atoms with E-state index in [-0.39, 0.29) is 22.9 Å². The number of methoxy groups -OCH3 is 1. The van der Waals surface area contributed by atoms with Crippen LogP contribution in [-0.4, -0.2) is 37.7 Å². The molecule has 9 heteroatoms. The van der Waals surface area contributed by atoms with Gasteiger partial charge in [0.05, 0.1) is 30.2 Å². The van der Waals surface area contributed by atoms with Crippen LogP contribution >= 0.6 is 0 Å². The topological polar surface area (TPSA) is 119 Å². The molecule has 0 unspecified atom stereocenters. The van der Waals surface area contributed by atoms with Crippen LogP contribution in [0.25, 0.3) is 0 Å². The number of nitro groups is 1. The average molecular weight is 302 g/mol. The van der Waals surface area contributed by atoms with Crippen molar-refractivity contribution >= 4 is 15.7 Å². The molecule has 2 rings (SSSR count). The van der Waals surface area contributed by atoms with Crippen LogP contribution in [0.2, 0.25) is 0 Å². The molecule has 1 aliphatic rings. The highest BCUT2D eigenvalue weighted by molar-refractivity contribution is 7.89. The monoisotopic (exact) mass is 302 g/mol. The second-order valence-electron chi connectivity index (χ2n) is 4.64. The molecule has 1 fully saturated rings. The predicted octanol–water partition coefficient (Wildman–Crippen LogP) is 0.407. The van der Waals surface area contributed by atoms with Crippen LogP contribution < -0.4 is 9.46 Å². The molecular formula is C11H14N2O6S. The molecule has 0 atom stereocenters. The third-order valence-electron chi connectivity index (χ3n) is 3.15. The van der Waals surface area contributed by atoms with Crippen molar-refractivity contribution < 1.29 is 23.2 Å². The Morgan fingerprint density at radius 3 is 2.60 bits per heavy atom. The second kappa shape index (κ2) is 5.00. The van der Waals surface area contributed by atoms with Crippen molar-refractivity contribution in [3.63, 3.8) is 0 Å². The number of sulfonamides is 1. The first kappa shape index (κ1) is 14.7. The summed E-state index contributed by atoms with van der Waals surface area (Å²) in [6.45, 7) is -0.290. The van der Waals surface area contributed by atoms with Gasteiger partial charge in [-0.05, 0) is 18.9 Å². The Morgan fingerprint density at radius 1 is 1.50 bits per heavy atom. The number of hydrogen-bond acceptors (Lipinski definition) is 6. The van der Waals surface area contributed by atoms with Crippen LogP contribution in [0.3, 0.4) is 0 Å². The number of nitrogens with one attached hydrogen (secondary N) is 1. The molecule has 0 aromatic heterocycles. The molecule has 110 valence electrons. The number of non-ortho nitro benzene ring substituents is 1. The van der Waals surface area contributed by atoms with Gasteiger partial charge >= 0.3 is 0 Å². The molecule has 0 spiro atoms. The maximum atomic E-state index is 12.2. The standard InChI is InChI=1S/C11H14N2O6S/c1-19-9-6-8(13(15)16)2-3-10(9)20(17,18)12-11(7-14)4-5-11/h2-3,6,12,14H,4-5,7H2,1H3. The van der Waals surface area contributed by atoms with E-state index in [1.165, 1.54) is 7.11 Å². The summed E-state index contributed by atoms with van der Waals surface area (Å²) in [4.78, 5) is 9.84. The minimum atomic E-state index is -3.91. The molecule has 1 aromatic rings. The quantitative estimate of drug-likeness (QED) is 0.580. The van der Waals surface area contributed by atoms with Gasteiger partial charge in [0.1, 0.15) is 10.6 Å². The van der Waals surface area contributed by atoms with E-state index in [2.05, 4.69) is 4.72 Å². The molecule has 0 amide bonds. The van der Waals surface area contributed by atoms with Crippen molar-refractivity contribution in [1.29, 1.82) is 0 Å². The number of aliphatic hydroxyl groups is 1. The number of rotatable bonds is 6. The van der Waals surface area contributed by atoms with Gasteiger partial charge in [-0.15, -0.1) is 0 Å². The van der Waals surface area contributed by atoms with E-state index in [1.807, 2.05) is 0 Å². The molecule has 0 heterocycles. The van der Waals surface area contributed by atoms with Crippen molar-refractivity contribution in [2.24, 2.45) is 0 Å². The third-order valence-corrected chi connectivity index (χ3v) is 4.77. The summed E-state index contributed by atoms with van der Waals surface area (Å²) in [5, 5.41) is 19.8. The lowest BCUT2D eigenvalue weighted by Gasteiger charge is -2.16. The SMILES string of the molecule is COc1cc([N+](=O)[O-])ccc1S(=O)(=O)NC1(CO)CC1. The molecule has 1 aromatic carbocycles. The summed E-state index contributed by atoms with van der Waals surface area (Å²) in [7, 11) is -2.68. The zero-order chi connectivity index (χ0) is 15.0. The lowest BCUT2D eigenvalue weighted by Crippen LogP contribution is -2.39. The van der Waals surface area contributed by atoms with Crippen LogP contribution in [0.4, 0.5) is 5.69 Å². The minimum Gasteiger partial charge on any atom is -0.495 e. The average Bonchev–Trinajstić information content (AvgIpc) is 3.17. The van der Waals surface area contributed by atoms with Crippen molar-refractivity contribution in [1.82, 2.24) is 4.72 Å². The first-order valence-electron chi connectivity index (χ1n) is 5.81. The van der Waals surface area contributed by atoms with Gasteiger partial charge in [0.15, 0.2) is 0 Å². The molecule has 8 nitrogen and oxygen atoms in total. The fraction of sp³-hybridized carbons (Fsp3) is 0.455. The Labute approximate surface area is 115 Å². The Balaban J connectivity index is 2.38. The molecular weight excluding hydrogens is 288 g/mol. The lowest BCUT2D eigenvalue weighted by atomic mass is 10.3. The fourth-order valence-corrected chi connectivity index (χ4v) is 3.38. The van der Waals surface area contributed by atoms with E-state index < -0.39 is 20.5 Å². The molecule has 0 bridgehead atoms. The van der Waals surface area contributed by atoms with Gasteiger partial charge in [-0.3, -0.25) is 10.1 Å². The van der Waals surface area contributed by atoms with Crippen LogP contribution in [-0.2, 0) is 10.0 Å². The van der Waals surface area contributed by atoms with E-state index in [0.29, 0.717) is 12.8 Å². The first-order chi connectivity index (χ1) is 9.33. The van der Waals surface area contributed by atoms with Crippen molar-refractivity contribution in [3.8, 4) is 5.75 Å². The smallest absolute Gasteiger partial charge is 0.273 e. The number of ether oxygens (including phenoxy) is 1. The number of hydrogen-bond donors (Lipinski definition) is 2. The Hall–Kier alpha value is -1.71. The van der Waals surface area contributed by atoms with Gasteiger partial charge in [-0.1, -0.05) is 0 Å². The van der Waals surface area contributed by atoms with Gasteiger partial charge in [0.25, 0.3) is 5.69 Å². The van der Waals surface area contributed by atoms with Crippen LogP contribution in [0.15, 0.2) is 23.1 Å². The number of benzene rings is 1. The Kier molecular flexibility index (Phi) is 3.67. The van der Waals surface area contributed by atoms with E-state index >= 15 is 0 Å². The van der Waals surface area contributed by atoms with Crippen LogP contribution in [0.5, 0.6) is 5.75 Å². The van der Waals surface area contributed by atoms with Gasteiger partial charge in [0.2, 0.25) is 10.0 Å². The Bertz CT molecular complexity index is 638. The fourth-order valence-electron chi connectivity index (χ4n) is 1.78. The lowest BCUT2D eigenvalue weighted by molar-refractivity contribution is -0.385. The summed E-state index contributed by atoms with van der Waals surface area (Å²) in [6.07, 6.45) is 1.11. The molecule has 20 heavy (non-hydrogen) atoms. The zero-order valence-corrected chi connectivity index (χ0v) is 11.5. The molecule has 1 aliphatic carbocycles. The zero-order valence-electron chi connectivity index (χ0n) is 10.7. The molecule has 1 saturated carbocycles. The Morgan fingerprint density at radius 2 is 2.15 bits per heavy atom.